The molecule has 3 aromatic rings. The molecule has 0 N–H and O–H groups in total. The van der Waals surface area contributed by atoms with Crippen molar-refractivity contribution in [3.8, 4) is 17.6 Å². The van der Waals surface area contributed by atoms with E-state index in [9.17, 15) is 22.6 Å². The number of alkyl halides is 3. The molecule has 3 aromatic heterocycles. The van der Waals surface area contributed by atoms with E-state index in [0.717, 1.165) is 12.3 Å². The molecular weight excluding hydrogens is 415 g/mol. The van der Waals surface area contributed by atoms with E-state index in [1.807, 2.05) is 13.8 Å². The Labute approximate surface area is 174 Å². The first-order valence-corrected chi connectivity index (χ1v) is 10.6. The van der Waals surface area contributed by atoms with Crippen molar-refractivity contribution in [1.82, 2.24) is 19.5 Å². The van der Waals surface area contributed by atoms with Gasteiger partial charge in [0.1, 0.15) is 11.4 Å². The van der Waals surface area contributed by atoms with E-state index >= 15 is 0 Å². The van der Waals surface area contributed by atoms with Gasteiger partial charge in [-0.1, -0.05) is 20.8 Å². The lowest BCUT2D eigenvalue weighted by Gasteiger charge is -2.15. The predicted molar refractivity (Wildman–Crippen MR) is 107 cm³/mol. The highest BCUT2D eigenvalue weighted by Crippen LogP contribution is 2.33. The largest absolute Gasteiger partial charge is 0.433 e. The van der Waals surface area contributed by atoms with Gasteiger partial charge in [-0.05, 0) is 23.6 Å². The molecule has 3 heterocycles. The second-order valence-corrected chi connectivity index (χ2v) is 8.86. The molecule has 0 aliphatic heterocycles. The molecule has 2 unspecified atom stereocenters. The van der Waals surface area contributed by atoms with Crippen LogP contribution in [0.2, 0.25) is 0 Å². The minimum absolute atomic E-state index is 0.0353. The lowest BCUT2D eigenvalue weighted by Crippen LogP contribution is -2.09. The SMILES string of the molecule is CCS(=O)c1cc(C(C#N)C(C)C)cnc1-c1nc2cc(C(F)(F)F)ncc2n1C. The first kappa shape index (κ1) is 21.9. The number of imidazole rings is 1. The van der Waals surface area contributed by atoms with Crippen molar-refractivity contribution in [2.75, 3.05) is 5.75 Å². The molecule has 2 atom stereocenters. The average Bonchev–Trinajstić information content (AvgIpc) is 3.03. The molecule has 0 radical (unpaired) electrons. The van der Waals surface area contributed by atoms with Gasteiger partial charge >= 0.3 is 6.18 Å². The van der Waals surface area contributed by atoms with E-state index in [1.165, 1.54) is 0 Å². The highest BCUT2D eigenvalue weighted by atomic mass is 32.2. The number of halogens is 3. The van der Waals surface area contributed by atoms with Crippen molar-refractivity contribution >= 4 is 21.8 Å². The van der Waals surface area contributed by atoms with Gasteiger partial charge in [0.15, 0.2) is 5.82 Å². The second-order valence-electron chi connectivity index (χ2n) is 7.15. The highest BCUT2D eigenvalue weighted by molar-refractivity contribution is 7.85. The smallest absolute Gasteiger partial charge is 0.325 e. The van der Waals surface area contributed by atoms with Gasteiger partial charge < -0.3 is 4.57 Å². The topological polar surface area (TPSA) is 84.5 Å². The van der Waals surface area contributed by atoms with Crippen molar-refractivity contribution in [3.63, 3.8) is 0 Å². The van der Waals surface area contributed by atoms with Crippen LogP contribution in [0.3, 0.4) is 0 Å². The fraction of sp³-hybridized carbons (Fsp3) is 0.400. The first-order valence-electron chi connectivity index (χ1n) is 9.26. The Morgan fingerprint density at radius 1 is 1.23 bits per heavy atom. The molecule has 0 bridgehead atoms. The summed E-state index contributed by atoms with van der Waals surface area (Å²) in [5.74, 6) is 0.222. The molecule has 0 saturated carbocycles. The monoisotopic (exact) mass is 435 g/mol. The van der Waals surface area contributed by atoms with Crippen LogP contribution >= 0.6 is 0 Å². The molecule has 0 spiro atoms. The molecule has 0 saturated heterocycles. The third-order valence-electron chi connectivity index (χ3n) is 4.82. The van der Waals surface area contributed by atoms with Gasteiger partial charge in [-0.3, -0.25) is 9.19 Å². The van der Waals surface area contributed by atoms with Gasteiger partial charge in [-0.2, -0.15) is 18.4 Å². The summed E-state index contributed by atoms with van der Waals surface area (Å²) in [6, 6.07) is 4.81. The Morgan fingerprint density at radius 3 is 2.50 bits per heavy atom. The van der Waals surface area contributed by atoms with E-state index < -0.39 is 28.6 Å². The quantitative estimate of drug-likeness (QED) is 0.592. The Morgan fingerprint density at radius 2 is 1.93 bits per heavy atom. The molecule has 3 rings (SSSR count). The number of nitriles is 1. The van der Waals surface area contributed by atoms with E-state index in [-0.39, 0.29) is 17.3 Å². The molecule has 158 valence electrons. The standard InChI is InChI=1S/C20H20F3N5OS/c1-5-30(29)16-6-12(13(8-24)11(2)3)9-26-18(16)19-27-14-7-17(20(21,22)23)25-10-15(14)28(19)4/h6-7,9-11,13H,5H2,1-4H3. The molecule has 30 heavy (non-hydrogen) atoms. The normalized spacial score (nSPS) is 14.1. The number of aryl methyl sites for hydroxylation is 1. The number of nitrogens with zero attached hydrogens (tertiary/aromatic N) is 5. The molecule has 0 amide bonds. The fourth-order valence-corrected chi connectivity index (χ4v) is 4.13. The molecule has 10 heteroatoms. The van der Waals surface area contributed by atoms with Gasteiger partial charge in [-0.25, -0.2) is 9.97 Å². The van der Waals surface area contributed by atoms with Crippen molar-refractivity contribution in [3.05, 3.63) is 35.8 Å². The van der Waals surface area contributed by atoms with Crippen LogP contribution in [0.25, 0.3) is 22.6 Å². The maximum atomic E-state index is 13.0. The number of pyridine rings is 2. The van der Waals surface area contributed by atoms with Crippen LogP contribution < -0.4 is 0 Å². The maximum absolute atomic E-state index is 13.0. The van der Waals surface area contributed by atoms with Crippen LogP contribution in [0, 0.1) is 17.2 Å². The zero-order valence-electron chi connectivity index (χ0n) is 16.9. The van der Waals surface area contributed by atoms with E-state index in [2.05, 4.69) is 21.0 Å². The van der Waals surface area contributed by atoms with E-state index in [1.54, 1.807) is 30.8 Å². The fourth-order valence-electron chi connectivity index (χ4n) is 3.19. The van der Waals surface area contributed by atoms with Crippen LogP contribution in [0.4, 0.5) is 13.2 Å². The van der Waals surface area contributed by atoms with E-state index in [0.29, 0.717) is 27.4 Å². The van der Waals surface area contributed by atoms with Gasteiger partial charge in [0.2, 0.25) is 0 Å². The number of rotatable bonds is 5. The zero-order chi connectivity index (χ0) is 22.2. The number of hydrogen-bond acceptors (Lipinski definition) is 5. The Hall–Kier alpha value is -2.80. The first-order chi connectivity index (χ1) is 14.1. The van der Waals surface area contributed by atoms with Crippen LogP contribution in [-0.2, 0) is 24.0 Å². The molecule has 0 aliphatic carbocycles. The summed E-state index contributed by atoms with van der Waals surface area (Å²) in [5.41, 5.74) is 0.439. The summed E-state index contributed by atoms with van der Waals surface area (Å²) in [7, 11) is 0.225. The molecule has 0 aromatic carbocycles. The van der Waals surface area contributed by atoms with Crippen LogP contribution in [-0.4, -0.2) is 29.5 Å². The van der Waals surface area contributed by atoms with E-state index in [4.69, 9.17) is 0 Å². The minimum Gasteiger partial charge on any atom is -0.325 e. The lowest BCUT2D eigenvalue weighted by molar-refractivity contribution is -0.141. The lowest BCUT2D eigenvalue weighted by atomic mass is 9.91. The Balaban J connectivity index is 2.21. The summed E-state index contributed by atoms with van der Waals surface area (Å²) < 4.78 is 53.3. The average molecular weight is 435 g/mol. The molecule has 6 nitrogen and oxygen atoms in total. The summed E-state index contributed by atoms with van der Waals surface area (Å²) in [6.45, 7) is 5.58. The van der Waals surface area contributed by atoms with Crippen molar-refractivity contribution in [2.45, 2.75) is 37.8 Å². The van der Waals surface area contributed by atoms with Crippen LogP contribution in [0.5, 0.6) is 0 Å². The summed E-state index contributed by atoms with van der Waals surface area (Å²) in [4.78, 5) is 12.6. The maximum Gasteiger partial charge on any atom is 0.433 e. The van der Waals surface area contributed by atoms with Crippen LogP contribution in [0.15, 0.2) is 29.4 Å². The number of aromatic nitrogens is 4. The van der Waals surface area contributed by atoms with Gasteiger partial charge in [-0.15, -0.1) is 0 Å². The predicted octanol–water partition coefficient (Wildman–Crippen LogP) is 4.44. The minimum atomic E-state index is -4.58. The van der Waals surface area contributed by atoms with Crippen LogP contribution in [0.1, 0.15) is 37.9 Å². The van der Waals surface area contributed by atoms with Crippen molar-refractivity contribution in [2.24, 2.45) is 13.0 Å². The zero-order valence-corrected chi connectivity index (χ0v) is 17.7. The summed E-state index contributed by atoms with van der Waals surface area (Å²) >= 11 is 0. The van der Waals surface area contributed by atoms with Crippen molar-refractivity contribution < 1.29 is 17.4 Å². The van der Waals surface area contributed by atoms with Crippen molar-refractivity contribution in [1.29, 1.82) is 5.26 Å². The highest BCUT2D eigenvalue weighted by Gasteiger charge is 2.33. The van der Waals surface area contributed by atoms with Gasteiger partial charge in [0, 0.05) is 19.0 Å². The summed E-state index contributed by atoms with van der Waals surface area (Å²) in [5, 5.41) is 9.49. The number of fused-ring (bicyclic) bond motifs is 1. The van der Waals surface area contributed by atoms with Gasteiger partial charge in [0.05, 0.1) is 44.9 Å². The second kappa shape index (κ2) is 8.14. The Kier molecular flexibility index (Phi) is 5.94. The number of hydrogen-bond donors (Lipinski definition) is 0. The third-order valence-corrected chi connectivity index (χ3v) is 6.14. The third kappa shape index (κ3) is 3.94. The Bertz CT molecular complexity index is 1160. The summed E-state index contributed by atoms with van der Waals surface area (Å²) in [6.07, 6.45) is -1.92. The van der Waals surface area contributed by atoms with Gasteiger partial charge in [0.25, 0.3) is 0 Å². The molecule has 0 aliphatic rings. The molecular formula is C20H20F3N5OS. The molecule has 0 fully saturated rings.